The van der Waals surface area contributed by atoms with Crippen LogP contribution >= 0.6 is 11.8 Å². The highest BCUT2D eigenvalue weighted by molar-refractivity contribution is 7.99. The Morgan fingerprint density at radius 2 is 2.16 bits per heavy atom. The molecule has 0 aliphatic heterocycles. The van der Waals surface area contributed by atoms with Crippen LogP contribution in [0.2, 0.25) is 0 Å². The van der Waals surface area contributed by atoms with Crippen LogP contribution in [-0.2, 0) is 11.0 Å². The summed E-state index contributed by atoms with van der Waals surface area (Å²) in [6.07, 6.45) is -4.67. The zero-order valence-electron chi connectivity index (χ0n) is 9.91. The molecule has 4 N–H and O–H groups in total. The van der Waals surface area contributed by atoms with Crippen LogP contribution < -0.4 is 16.6 Å². The van der Waals surface area contributed by atoms with E-state index in [-0.39, 0.29) is 22.5 Å². The van der Waals surface area contributed by atoms with Crippen molar-refractivity contribution >= 4 is 23.5 Å². The summed E-state index contributed by atoms with van der Waals surface area (Å²) in [5, 5.41) is 2.54. The maximum atomic E-state index is 12.5. The Balaban J connectivity index is 2.86. The number of carbonyl (C=O) groups is 1. The van der Waals surface area contributed by atoms with E-state index in [0.29, 0.717) is 6.54 Å². The maximum absolute atomic E-state index is 12.5. The number of nitrogens with zero attached hydrogens (tertiary/aromatic N) is 2. The number of amides is 1. The van der Waals surface area contributed by atoms with Gasteiger partial charge in [0.1, 0.15) is 10.8 Å². The molecule has 0 saturated heterocycles. The van der Waals surface area contributed by atoms with Crippen molar-refractivity contribution in [2.45, 2.75) is 18.1 Å². The first-order valence-electron chi connectivity index (χ1n) is 5.19. The van der Waals surface area contributed by atoms with Gasteiger partial charge < -0.3 is 10.7 Å². The van der Waals surface area contributed by atoms with Gasteiger partial charge in [0.05, 0.1) is 5.75 Å². The summed E-state index contributed by atoms with van der Waals surface area (Å²) < 4.78 is 37.6. The molecule has 1 aromatic heterocycles. The van der Waals surface area contributed by atoms with Gasteiger partial charge in [0.2, 0.25) is 11.7 Å². The average Bonchev–Trinajstić information content (AvgIpc) is 2.35. The third-order valence-corrected chi connectivity index (χ3v) is 2.74. The Morgan fingerprint density at radius 1 is 1.47 bits per heavy atom. The number of nitrogens with one attached hydrogen (secondary N) is 2. The topological polar surface area (TPSA) is 92.9 Å². The molecule has 1 amide bonds. The van der Waals surface area contributed by atoms with Gasteiger partial charge in [0.15, 0.2) is 0 Å². The molecule has 0 spiro atoms. The number of hydrazine groups is 1. The van der Waals surface area contributed by atoms with Crippen molar-refractivity contribution in [1.82, 2.24) is 15.3 Å². The number of alkyl halides is 3. The van der Waals surface area contributed by atoms with Gasteiger partial charge in [-0.3, -0.25) is 4.79 Å². The summed E-state index contributed by atoms with van der Waals surface area (Å²) in [5.74, 6) is 3.24. The molecule has 0 atom stereocenters. The number of hydrogen-bond donors (Lipinski definition) is 3. The molecule has 10 heteroatoms. The molecule has 19 heavy (non-hydrogen) atoms. The molecular weight excluding hydrogens is 283 g/mol. The van der Waals surface area contributed by atoms with Gasteiger partial charge in [-0.2, -0.15) is 13.2 Å². The minimum Gasteiger partial charge on any atom is -0.356 e. The third-order valence-electron chi connectivity index (χ3n) is 1.83. The second-order valence-electron chi connectivity index (χ2n) is 3.30. The zero-order chi connectivity index (χ0) is 14.5. The molecule has 0 saturated carbocycles. The SMILES string of the molecule is CCNC(=O)CSc1cc(NN)nc(C(F)(F)F)n1. The summed E-state index contributed by atoms with van der Waals surface area (Å²) in [6.45, 7) is 2.19. The summed E-state index contributed by atoms with van der Waals surface area (Å²) in [5.41, 5.74) is 2.03. The number of nitrogen functional groups attached to an aromatic ring is 1. The fraction of sp³-hybridized carbons (Fsp3) is 0.444. The Labute approximate surface area is 111 Å². The van der Waals surface area contributed by atoms with Crippen molar-refractivity contribution in [3.8, 4) is 0 Å². The van der Waals surface area contributed by atoms with Crippen LogP contribution in [0.4, 0.5) is 19.0 Å². The monoisotopic (exact) mass is 295 g/mol. The van der Waals surface area contributed by atoms with Gasteiger partial charge in [-0.1, -0.05) is 11.8 Å². The molecule has 0 radical (unpaired) electrons. The van der Waals surface area contributed by atoms with Crippen molar-refractivity contribution in [3.05, 3.63) is 11.9 Å². The minimum absolute atomic E-state index is 0.0153. The van der Waals surface area contributed by atoms with Crippen LogP contribution in [-0.4, -0.2) is 28.2 Å². The number of carbonyl (C=O) groups excluding carboxylic acids is 1. The second kappa shape index (κ2) is 6.57. The van der Waals surface area contributed by atoms with Gasteiger partial charge in [0, 0.05) is 12.6 Å². The first kappa shape index (κ1) is 15.5. The molecule has 6 nitrogen and oxygen atoms in total. The fourth-order valence-corrected chi connectivity index (χ4v) is 1.81. The predicted molar refractivity (Wildman–Crippen MR) is 64.3 cm³/mol. The Hall–Kier alpha value is -1.55. The lowest BCUT2D eigenvalue weighted by atomic mass is 10.5. The zero-order valence-corrected chi connectivity index (χ0v) is 10.7. The van der Waals surface area contributed by atoms with E-state index in [9.17, 15) is 18.0 Å². The third kappa shape index (κ3) is 4.91. The van der Waals surface area contributed by atoms with E-state index in [4.69, 9.17) is 5.84 Å². The van der Waals surface area contributed by atoms with Gasteiger partial charge in [0.25, 0.3) is 0 Å². The quantitative estimate of drug-likeness (QED) is 0.325. The summed E-state index contributed by atoms with van der Waals surface area (Å²) >= 11 is 0.870. The van der Waals surface area contributed by atoms with Gasteiger partial charge in [-0.25, -0.2) is 15.8 Å². The van der Waals surface area contributed by atoms with Crippen molar-refractivity contribution in [1.29, 1.82) is 0 Å². The molecule has 0 bridgehead atoms. The molecule has 0 unspecified atom stereocenters. The Kier molecular flexibility index (Phi) is 5.36. The van der Waals surface area contributed by atoms with Crippen LogP contribution in [0.25, 0.3) is 0 Å². The van der Waals surface area contributed by atoms with E-state index in [2.05, 4.69) is 15.3 Å². The first-order chi connectivity index (χ1) is 8.86. The lowest BCUT2D eigenvalue weighted by molar-refractivity contribution is -0.145. The number of nitrogens with two attached hydrogens (primary N) is 1. The molecular formula is C9H12F3N5OS. The Bertz CT molecular complexity index is 454. The number of aromatic nitrogens is 2. The number of anilines is 1. The summed E-state index contributed by atoms with van der Waals surface area (Å²) in [4.78, 5) is 17.8. The molecule has 1 rings (SSSR count). The van der Waals surface area contributed by atoms with Gasteiger partial charge >= 0.3 is 6.18 Å². The van der Waals surface area contributed by atoms with E-state index in [1.54, 1.807) is 6.92 Å². The van der Waals surface area contributed by atoms with E-state index < -0.39 is 12.0 Å². The van der Waals surface area contributed by atoms with Crippen molar-refractivity contribution in [2.75, 3.05) is 17.7 Å². The standard InChI is InChI=1S/C9H12F3N5OS/c1-2-14-6(18)4-19-7-3-5(17-13)15-8(16-7)9(10,11)12/h3H,2,4,13H2,1H3,(H,14,18)(H,15,16,17). The molecule has 1 heterocycles. The highest BCUT2D eigenvalue weighted by atomic mass is 32.2. The number of rotatable bonds is 5. The lowest BCUT2D eigenvalue weighted by Crippen LogP contribution is -2.24. The predicted octanol–water partition coefficient (Wildman–Crippen LogP) is 1.01. The van der Waals surface area contributed by atoms with Crippen LogP contribution in [0.1, 0.15) is 12.7 Å². The smallest absolute Gasteiger partial charge is 0.356 e. The van der Waals surface area contributed by atoms with Gasteiger partial charge in [-0.05, 0) is 6.92 Å². The van der Waals surface area contributed by atoms with Crippen LogP contribution in [0.3, 0.4) is 0 Å². The minimum atomic E-state index is -4.67. The number of hydrogen-bond acceptors (Lipinski definition) is 6. The summed E-state index contributed by atoms with van der Waals surface area (Å²) in [6, 6.07) is 1.24. The van der Waals surface area contributed by atoms with Gasteiger partial charge in [-0.15, -0.1) is 0 Å². The van der Waals surface area contributed by atoms with Crippen LogP contribution in [0.15, 0.2) is 11.1 Å². The average molecular weight is 295 g/mol. The lowest BCUT2D eigenvalue weighted by Gasteiger charge is -2.09. The molecule has 1 aromatic rings. The van der Waals surface area contributed by atoms with E-state index >= 15 is 0 Å². The molecule has 0 aliphatic rings. The number of halogens is 3. The number of thioether (sulfide) groups is 1. The summed E-state index contributed by atoms with van der Waals surface area (Å²) in [7, 11) is 0. The van der Waals surface area contributed by atoms with Crippen molar-refractivity contribution < 1.29 is 18.0 Å². The normalized spacial score (nSPS) is 11.2. The largest absolute Gasteiger partial charge is 0.451 e. The van der Waals surface area contributed by atoms with E-state index in [1.807, 2.05) is 5.43 Å². The maximum Gasteiger partial charge on any atom is 0.451 e. The van der Waals surface area contributed by atoms with E-state index in [1.165, 1.54) is 6.07 Å². The van der Waals surface area contributed by atoms with Crippen molar-refractivity contribution in [2.24, 2.45) is 5.84 Å². The second-order valence-corrected chi connectivity index (χ2v) is 4.29. The molecule has 0 fully saturated rings. The van der Waals surface area contributed by atoms with E-state index in [0.717, 1.165) is 11.8 Å². The highest BCUT2D eigenvalue weighted by Crippen LogP contribution is 2.29. The van der Waals surface area contributed by atoms with Crippen LogP contribution in [0, 0.1) is 0 Å². The Morgan fingerprint density at radius 3 is 2.68 bits per heavy atom. The first-order valence-corrected chi connectivity index (χ1v) is 6.17. The molecule has 0 aliphatic carbocycles. The fourth-order valence-electron chi connectivity index (χ4n) is 1.09. The van der Waals surface area contributed by atoms with Crippen molar-refractivity contribution in [3.63, 3.8) is 0 Å². The molecule has 106 valence electrons. The van der Waals surface area contributed by atoms with Crippen LogP contribution in [0.5, 0.6) is 0 Å². The molecule has 0 aromatic carbocycles. The highest BCUT2D eigenvalue weighted by Gasteiger charge is 2.35.